The predicted molar refractivity (Wildman–Crippen MR) is 68.7 cm³/mol. The van der Waals surface area contributed by atoms with Gasteiger partial charge >= 0.3 is 5.97 Å². The normalized spacial score (nSPS) is 32.1. The fraction of sp³-hybridized carbons (Fsp3) is 0.923. The summed E-state index contributed by atoms with van der Waals surface area (Å²) in [5.41, 5.74) is 0. The Morgan fingerprint density at radius 3 is 2.94 bits per heavy atom. The summed E-state index contributed by atoms with van der Waals surface area (Å²) in [6.45, 7) is 4.46. The van der Waals surface area contributed by atoms with Crippen molar-refractivity contribution in [3.63, 3.8) is 0 Å². The van der Waals surface area contributed by atoms with Gasteiger partial charge in [0.1, 0.15) is 0 Å². The Bertz CT molecular complexity index is 285. The minimum Gasteiger partial charge on any atom is -0.481 e. The molecule has 0 spiro atoms. The molecule has 0 aliphatic carbocycles. The molecule has 2 heterocycles. The van der Waals surface area contributed by atoms with Crippen LogP contribution in [0.5, 0.6) is 0 Å². The van der Waals surface area contributed by atoms with Crippen molar-refractivity contribution in [2.75, 3.05) is 39.9 Å². The van der Waals surface area contributed by atoms with E-state index in [1.165, 1.54) is 12.8 Å². The molecule has 2 aliphatic heterocycles. The van der Waals surface area contributed by atoms with Crippen LogP contribution in [0.15, 0.2) is 0 Å². The van der Waals surface area contributed by atoms with E-state index in [1.807, 2.05) is 0 Å². The molecule has 2 aliphatic rings. The summed E-state index contributed by atoms with van der Waals surface area (Å²) in [4.78, 5) is 15.7. The van der Waals surface area contributed by atoms with Gasteiger partial charge in [-0.1, -0.05) is 0 Å². The zero-order valence-electron chi connectivity index (χ0n) is 11.2. The van der Waals surface area contributed by atoms with Crippen LogP contribution in [0.4, 0.5) is 0 Å². The molecule has 1 N–H and O–H groups in total. The number of ether oxygens (including phenoxy) is 1. The number of carboxylic acids is 1. The first kappa shape index (κ1) is 13.8. The predicted octanol–water partition coefficient (Wildman–Crippen LogP) is 0.646. The van der Waals surface area contributed by atoms with Gasteiger partial charge in [0.05, 0.1) is 19.6 Å². The maximum Gasteiger partial charge on any atom is 0.305 e. The molecule has 2 atom stereocenters. The minimum atomic E-state index is -0.721. The van der Waals surface area contributed by atoms with Crippen molar-refractivity contribution in [1.29, 1.82) is 0 Å². The number of likely N-dealkylation sites (tertiary alicyclic amines) is 1. The first-order valence-electron chi connectivity index (χ1n) is 6.90. The number of aliphatic carboxylic acids is 1. The van der Waals surface area contributed by atoms with Gasteiger partial charge in [-0.05, 0) is 39.4 Å². The molecular weight excluding hydrogens is 232 g/mol. The second-order valence-corrected chi connectivity index (χ2v) is 5.45. The Morgan fingerprint density at radius 1 is 1.33 bits per heavy atom. The van der Waals surface area contributed by atoms with Gasteiger partial charge < -0.3 is 14.7 Å². The smallest absolute Gasteiger partial charge is 0.305 e. The van der Waals surface area contributed by atoms with E-state index < -0.39 is 5.97 Å². The first-order valence-corrected chi connectivity index (χ1v) is 6.90. The summed E-state index contributed by atoms with van der Waals surface area (Å²) in [7, 11) is 2.16. The number of carboxylic acid groups (broad SMARTS) is 1. The molecule has 18 heavy (non-hydrogen) atoms. The van der Waals surface area contributed by atoms with E-state index in [0.29, 0.717) is 12.6 Å². The lowest BCUT2D eigenvalue weighted by atomic mass is 10.0. The minimum absolute atomic E-state index is 0.0599. The van der Waals surface area contributed by atoms with Gasteiger partial charge in [-0.25, -0.2) is 0 Å². The van der Waals surface area contributed by atoms with Crippen LogP contribution in [0, 0.1) is 0 Å². The quantitative estimate of drug-likeness (QED) is 0.803. The zero-order valence-corrected chi connectivity index (χ0v) is 11.2. The Hall–Kier alpha value is -0.650. The molecule has 0 aromatic carbocycles. The fourth-order valence-corrected chi connectivity index (χ4v) is 3.08. The number of nitrogens with zero attached hydrogens (tertiary/aromatic N) is 2. The second kappa shape index (κ2) is 6.50. The molecule has 0 amide bonds. The first-order chi connectivity index (χ1) is 8.66. The van der Waals surface area contributed by atoms with Crippen molar-refractivity contribution < 1.29 is 14.6 Å². The van der Waals surface area contributed by atoms with Crippen molar-refractivity contribution >= 4 is 5.97 Å². The number of hydrogen-bond donors (Lipinski definition) is 1. The van der Waals surface area contributed by atoms with Gasteiger partial charge in [0.15, 0.2) is 0 Å². The lowest BCUT2D eigenvalue weighted by Crippen LogP contribution is -2.51. The van der Waals surface area contributed by atoms with Crippen LogP contribution in [-0.4, -0.2) is 72.9 Å². The topological polar surface area (TPSA) is 53.0 Å². The van der Waals surface area contributed by atoms with Crippen LogP contribution in [0.1, 0.15) is 25.7 Å². The van der Waals surface area contributed by atoms with Crippen molar-refractivity contribution in [3.05, 3.63) is 0 Å². The Balaban J connectivity index is 1.96. The van der Waals surface area contributed by atoms with Crippen molar-refractivity contribution in [2.24, 2.45) is 0 Å². The molecule has 0 saturated carbocycles. The fourth-order valence-electron chi connectivity index (χ4n) is 3.08. The van der Waals surface area contributed by atoms with E-state index in [2.05, 4.69) is 16.8 Å². The third-order valence-corrected chi connectivity index (χ3v) is 4.07. The zero-order chi connectivity index (χ0) is 13.0. The molecule has 2 unspecified atom stereocenters. The molecular formula is C13H24N2O3. The summed E-state index contributed by atoms with van der Waals surface area (Å²) in [6, 6.07) is 0.591. The standard InChI is InChI=1S/C13H24N2O3/c1-14-5-2-3-11(4-6-14)15-7-8-18-10-12(15)9-13(16)17/h11-12H,2-10H2,1H3,(H,16,17). The SMILES string of the molecule is CN1CCCC(N2CCOCC2CC(=O)O)CC1. The summed E-state index contributed by atoms with van der Waals surface area (Å²) in [5, 5.41) is 8.99. The van der Waals surface area contributed by atoms with Crippen LogP contribution < -0.4 is 0 Å². The highest BCUT2D eigenvalue weighted by Crippen LogP contribution is 2.22. The molecule has 0 bridgehead atoms. The van der Waals surface area contributed by atoms with Gasteiger partial charge in [0, 0.05) is 18.6 Å². The lowest BCUT2D eigenvalue weighted by molar-refractivity contribution is -0.141. The van der Waals surface area contributed by atoms with Gasteiger partial charge in [-0.3, -0.25) is 9.69 Å². The Kier molecular flexibility index (Phi) is 4.97. The average Bonchev–Trinajstić information content (AvgIpc) is 2.54. The third-order valence-electron chi connectivity index (χ3n) is 4.07. The second-order valence-electron chi connectivity index (χ2n) is 5.45. The number of rotatable bonds is 3. The van der Waals surface area contributed by atoms with E-state index in [-0.39, 0.29) is 12.5 Å². The Labute approximate surface area is 109 Å². The highest BCUT2D eigenvalue weighted by atomic mass is 16.5. The van der Waals surface area contributed by atoms with Crippen LogP contribution in [0.2, 0.25) is 0 Å². The van der Waals surface area contributed by atoms with Crippen LogP contribution >= 0.6 is 0 Å². The average molecular weight is 256 g/mol. The van der Waals surface area contributed by atoms with E-state index in [9.17, 15) is 4.79 Å². The van der Waals surface area contributed by atoms with Crippen molar-refractivity contribution in [2.45, 2.75) is 37.8 Å². The molecule has 5 nitrogen and oxygen atoms in total. The summed E-state index contributed by atoms with van der Waals surface area (Å²) >= 11 is 0. The molecule has 2 saturated heterocycles. The van der Waals surface area contributed by atoms with Crippen LogP contribution in [-0.2, 0) is 9.53 Å². The summed E-state index contributed by atoms with van der Waals surface area (Å²) in [6.07, 6.45) is 3.73. The van der Waals surface area contributed by atoms with E-state index in [0.717, 1.165) is 32.7 Å². The molecule has 0 aromatic heterocycles. The lowest BCUT2D eigenvalue weighted by Gasteiger charge is -2.40. The molecule has 0 radical (unpaired) electrons. The molecule has 2 fully saturated rings. The van der Waals surface area contributed by atoms with Gasteiger partial charge in [-0.15, -0.1) is 0 Å². The van der Waals surface area contributed by atoms with Gasteiger partial charge in [0.2, 0.25) is 0 Å². The molecule has 5 heteroatoms. The third kappa shape index (κ3) is 3.67. The maximum atomic E-state index is 10.9. The molecule has 0 aromatic rings. The maximum absolute atomic E-state index is 10.9. The largest absolute Gasteiger partial charge is 0.481 e. The molecule has 104 valence electrons. The van der Waals surface area contributed by atoms with Crippen LogP contribution in [0.25, 0.3) is 0 Å². The Morgan fingerprint density at radius 2 is 2.17 bits per heavy atom. The highest BCUT2D eigenvalue weighted by molar-refractivity contribution is 5.67. The van der Waals surface area contributed by atoms with Crippen molar-refractivity contribution in [3.8, 4) is 0 Å². The van der Waals surface area contributed by atoms with Crippen LogP contribution in [0.3, 0.4) is 0 Å². The van der Waals surface area contributed by atoms with E-state index in [4.69, 9.17) is 9.84 Å². The molecule has 2 rings (SSSR count). The van der Waals surface area contributed by atoms with Crippen molar-refractivity contribution in [1.82, 2.24) is 9.80 Å². The number of hydrogen-bond acceptors (Lipinski definition) is 4. The van der Waals surface area contributed by atoms with Gasteiger partial charge in [0.25, 0.3) is 0 Å². The van der Waals surface area contributed by atoms with E-state index >= 15 is 0 Å². The monoisotopic (exact) mass is 256 g/mol. The van der Waals surface area contributed by atoms with Gasteiger partial charge in [-0.2, -0.15) is 0 Å². The highest BCUT2D eigenvalue weighted by Gasteiger charge is 2.31. The number of morpholine rings is 1. The van der Waals surface area contributed by atoms with E-state index in [1.54, 1.807) is 0 Å². The summed E-state index contributed by atoms with van der Waals surface area (Å²) in [5.74, 6) is -0.721. The number of carbonyl (C=O) groups is 1. The summed E-state index contributed by atoms with van der Waals surface area (Å²) < 4.78 is 5.44.